The van der Waals surface area contributed by atoms with Gasteiger partial charge in [-0.1, -0.05) is 186 Å². The van der Waals surface area contributed by atoms with Crippen molar-refractivity contribution in [2.75, 3.05) is 5.32 Å². The largest absolute Gasteiger partial charge is 0.355 e. The summed E-state index contributed by atoms with van der Waals surface area (Å²) in [4.78, 5) is 0. The molecule has 2 heterocycles. The Hall–Kier alpha value is -6.58. The number of aromatic nitrogens is 1. The third-order valence-electron chi connectivity index (χ3n) is 14.6. The van der Waals surface area contributed by atoms with Gasteiger partial charge in [-0.3, -0.25) is 0 Å². The zero-order valence-electron chi connectivity index (χ0n) is 38.4. The summed E-state index contributed by atoms with van der Waals surface area (Å²) in [5, 5.41) is 6.68. The number of nitrogens with one attached hydrogen (secondary N) is 1. The van der Waals surface area contributed by atoms with E-state index in [-0.39, 0.29) is 11.3 Å². The normalized spacial score (nSPS) is 13.2. The number of aryl methyl sites for hydroxylation is 2. The highest BCUT2D eigenvalue weighted by Gasteiger charge is 2.37. The van der Waals surface area contributed by atoms with Gasteiger partial charge in [0, 0.05) is 50.2 Å². The number of anilines is 2. The number of rotatable bonds is 14. The third kappa shape index (κ3) is 7.21. The lowest BCUT2D eigenvalue weighted by Crippen LogP contribution is -2.38. The molecule has 2 aliphatic rings. The quantitative estimate of drug-likeness (QED) is 0.0656. The van der Waals surface area contributed by atoms with E-state index in [0.717, 1.165) is 24.2 Å². The summed E-state index contributed by atoms with van der Waals surface area (Å²) < 4.78 is 2.60. The number of hydrogen-bond acceptors (Lipinski definition) is 1. The highest BCUT2D eigenvalue weighted by Crippen LogP contribution is 2.52. The maximum Gasteiger partial charge on any atom is 0.197 e. The zero-order chi connectivity index (χ0) is 44.1. The number of unbranched alkanes of at least 4 members (excludes halogenated alkanes) is 4. The van der Waals surface area contributed by atoms with Crippen LogP contribution in [-0.4, -0.2) is 11.8 Å². The van der Waals surface area contributed by atoms with Gasteiger partial charge in [-0.15, -0.1) is 0 Å². The molecule has 1 radical (unpaired) electrons. The van der Waals surface area contributed by atoms with E-state index in [1.54, 1.807) is 0 Å². The Balaban J connectivity index is 1.22. The van der Waals surface area contributed by atoms with Gasteiger partial charge < -0.3 is 9.88 Å². The molecular formula is C62H58BN2. The number of fused-ring (bicyclic) bond motifs is 8. The number of benzene rings is 8. The van der Waals surface area contributed by atoms with Crippen LogP contribution in [0.15, 0.2) is 170 Å². The molecule has 0 unspecified atom stereocenters. The van der Waals surface area contributed by atoms with Gasteiger partial charge >= 0.3 is 0 Å². The van der Waals surface area contributed by atoms with Gasteiger partial charge in [-0.2, -0.15) is 0 Å². The van der Waals surface area contributed by atoms with Crippen molar-refractivity contribution in [3.05, 3.63) is 209 Å². The molecule has 8 aromatic carbocycles. The maximum absolute atomic E-state index is 4.06. The summed E-state index contributed by atoms with van der Waals surface area (Å²) in [5.41, 5.74) is 23.0. The molecule has 65 heavy (non-hydrogen) atoms. The van der Waals surface area contributed by atoms with Crippen molar-refractivity contribution in [1.82, 2.24) is 4.57 Å². The monoisotopic (exact) mass is 841 g/mol. The van der Waals surface area contributed by atoms with Gasteiger partial charge in [0.15, 0.2) is 7.28 Å². The fourth-order valence-electron chi connectivity index (χ4n) is 11.3. The molecule has 0 saturated carbocycles. The number of hydrogen-bond donors (Lipinski definition) is 1. The van der Waals surface area contributed by atoms with E-state index in [1.807, 2.05) is 0 Å². The van der Waals surface area contributed by atoms with Crippen LogP contribution in [0, 0.1) is 0 Å². The zero-order valence-corrected chi connectivity index (χ0v) is 38.4. The van der Waals surface area contributed by atoms with E-state index in [2.05, 4.69) is 215 Å². The predicted octanol–water partition coefficient (Wildman–Crippen LogP) is 15.1. The van der Waals surface area contributed by atoms with Crippen molar-refractivity contribution in [2.45, 2.75) is 90.4 Å². The fourth-order valence-corrected chi connectivity index (χ4v) is 11.3. The highest BCUT2D eigenvalue weighted by atomic mass is 15.0. The molecule has 1 aliphatic carbocycles. The Morgan fingerprint density at radius 1 is 0.554 bits per heavy atom. The Kier molecular flexibility index (Phi) is 10.8. The molecular weight excluding hydrogens is 784 g/mol. The van der Waals surface area contributed by atoms with Gasteiger partial charge in [-0.25, -0.2) is 0 Å². The van der Waals surface area contributed by atoms with E-state index in [4.69, 9.17) is 0 Å². The lowest BCUT2D eigenvalue weighted by atomic mass is 9.58. The average Bonchev–Trinajstić information content (AvgIpc) is 3.80. The van der Waals surface area contributed by atoms with Crippen LogP contribution >= 0.6 is 0 Å². The first-order valence-electron chi connectivity index (χ1n) is 24.3. The summed E-state index contributed by atoms with van der Waals surface area (Å²) in [6.45, 7) is 9.39. The second-order valence-electron chi connectivity index (χ2n) is 19.1. The van der Waals surface area contributed by atoms with Crippen molar-refractivity contribution in [3.63, 3.8) is 0 Å². The number of nitrogens with zero attached hydrogens (tertiary/aromatic N) is 1. The van der Waals surface area contributed by atoms with Gasteiger partial charge in [0.2, 0.25) is 0 Å². The summed E-state index contributed by atoms with van der Waals surface area (Å²) in [5.74, 6) is -0.00132. The smallest absolute Gasteiger partial charge is 0.197 e. The van der Waals surface area contributed by atoms with Crippen LogP contribution in [0.4, 0.5) is 11.4 Å². The molecule has 0 saturated heterocycles. The van der Waals surface area contributed by atoms with Crippen LogP contribution in [0.5, 0.6) is 0 Å². The topological polar surface area (TPSA) is 17.0 Å². The van der Waals surface area contributed by atoms with Gasteiger partial charge in [0.05, 0.1) is 5.52 Å². The number of para-hydroxylation sites is 1. The van der Waals surface area contributed by atoms with Crippen molar-refractivity contribution < 1.29 is 0 Å². The lowest BCUT2D eigenvalue weighted by Gasteiger charge is -2.29. The molecule has 3 heteroatoms. The van der Waals surface area contributed by atoms with Crippen LogP contribution in [0.2, 0.25) is 0 Å². The van der Waals surface area contributed by atoms with Crippen LogP contribution in [0.1, 0.15) is 111 Å². The molecule has 0 amide bonds. The second-order valence-corrected chi connectivity index (χ2v) is 19.1. The van der Waals surface area contributed by atoms with Crippen LogP contribution in [-0.2, 0) is 18.3 Å². The second kappa shape index (κ2) is 17.1. The molecule has 0 spiro atoms. The van der Waals surface area contributed by atoms with E-state index >= 15 is 0 Å². The maximum atomic E-state index is 4.06. The van der Waals surface area contributed by atoms with Crippen molar-refractivity contribution >= 4 is 51.4 Å². The molecule has 1 aliphatic heterocycles. The fraction of sp³-hybridized carbons (Fsp3) is 0.226. The standard InChI is InChI=1S/C62H58BN2/c1-5-7-11-21-41-31-34-45(35-32-41)64-55-40-48-46-27-17-19-29-52(46)62(3,4)53(48)39-49(55)50-38-51(58(43-23-13-9-14-24-43)44-25-15-10-16-26-44)59-47-28-18-20-30-56(47)65-57-36-33-42(22-12-8-6-2)37-54(57)63-60(50)61(59)65/h9-10,13-20,23-40,58,64H,5-8,11-12,21-22H2,1-4H3. The summed E-state index contributed by atoms with van der Waals surface area (Å²) >= 11 is 0. The van der Waals surface area contributed by atoms with Crippen LogP contribution in [0.25, 0.3) is 49.7 Å². The van der Waals surface area contributed by atoms with Gasteiger partial charge in [0.25, 0.3) is 0 Å². The Bertz CT molecular complexity index is 3150. The first kappa shape index (κ1) is 41.2. The predicted molar refractivity (Wildman–Crippen MR) is 279 cm³/mol. The van der Waals surface area contributed by atoms with E-state index in [0.29, 0.717) is 0 Å². The minimum Gasteiger partial charge on any atom is -0.355 e. The van der Waals surface area contributed by atoms with E-state index in [9.17, 15) is 0 Å². The minimum atomic E-state index is -0.168. The molecule has 0 fully saturated rings. The van der Waals surface area contributed by atoms with Gasteiger partial charge in [0.1, 0.15) is 0 Å². The molecule has 9 aromatic rings. The van der Waals surface area contributed by atoms with Crippen LogP contribution < -0.4 is 16.2 Å². The summed E-state index contributed by atoms with van der Waals surface area (Å²) in [6.07, 6.45) is 9.61. The molecule has 319 valence electrons. The van der Waals surface area contributed by atoms with Gasteiger partial charge in [-0.05, 0) is 129 Å². The Labute approximate surface area is 386 Å². The minimum absolute atomic E-state index is 0.00132. The molecule has 1 N–H and O–H groups in total. The molecule has 1 aromatic heterocycles. The average molecular weight is 842 g/mol. The van der Waals surface area contributed by atoms with Crippen molar-refractivity contribution in [3.8, 4) is 27.9 Å². The summed E-state index contributed by atoms with van der Waals surface area (Å²) in [6, 6.07) is 64.6. The third-order valence-corrected chi connectivity index (χ3v) is 14.6. The van der Waals surface area contributed by atoms with Crippen molar-refractivity contribution in [2.24, 2.45) is 0 Å². The Morgan fingerprint density at radius 2 is 1.20 bits per heavy atom. The van der Waals surface area contributed by atoms with E-state index < -0.39 is 0 Å². The first-order chi connectivity index (χ1) is 31.9. The summed E-state index contributed by atoms with van der Waals surface area (Å²) in [7, 11) is 2.53. The van der Waals surface area contributed by atoms with Crippen LogP contribution in [0.3, 0.4) is 0 Å². The first-order valence-corrected chi connectivity index (χ1v) is 24.3. The molecule has 2 nitrogen and oxygen atoms in total. The van der Waals surface area contributed by atoms with E-state index in [1.165, 1.54) is 138 Å². The Morgan fingerprint density at radius 3 is 1.92 bits per heavy atom. The van der Waals surface area contributed by atoms with Crippen molar-refractivity contribution in [1.29, 1.82) is 0 Å². The molecule has 0 atom stereocenters. The lowest BCUT2D eigenvalue weighted by molar-refractivity contribution is 0.660. The highest BCUT2D eigenvalue weighted by molar-refractivity contribution is 6.73. The SMILES string of the molecule is CCCCCc1ccc(Nc2cc3c(cc2-c2cc(C(c4ccccc4)c4ccccc4)c4c5ccccc5n5c4c2[B]c2cc(CCCCC)ccc2-5)C(C)(C)c2ccccc2-3)cc1. The molecule has 11 rings (SSSR count). The molecule has 0 bridgehead atoms.